The molecule has 0 saturated carbocycles. The molecule has 1 aliphatic heterocycles. The SMILES string of the molecule is O=C1CN(c2ncccn2)C(=O)N1. The van der Waals surface area contributed by atoms with Crippen LogP contribution in [0.1, 0.15) is 0 Å². The van der Waals surface area contributed by atoms with Crippen LogP contribution in [0.25, 0.3) is 0 Å². The van der Waals surface area contributed by atoms with Crippen molar-refractivity contribution >= 4 is 17.9 Å². The summed E-state index contributed by atoms with van der Waals surface area (Å²) >= 11 is 0. The number of hydrogen-bond donors (Lipinski definition) is 1. The molecule has 1 aromatic rings. The van der Waals surface area contributed by atoms with E-state index < -0.39 is 6.03 Å². The van der Waals surface area contributed by atoms with Crippen LogP contribution in [-0.2, 0) is 4.79 Å². The lowest BCUT2D eigenvalue weighted by Gasteiger charge is -2.08. The molecule has 0 bridgehead atoms. The minimum atomic E-state index is -0.476. The van der Waals surface area contributed by atoms with Crippen molar-refractivity contribution in [1.82, 2.24) is 15.3 Å². The van der Waals surface area contributed by atoms with E-state index in [1.807, 2.05) is 0 Å². The number of amides is 3. The second kappa shape index (κ2) is 2.81. The predicted molar refractivity (Wildman–Crippen MR) is 42.9 cm³/mol. The molecule has 2 rings (SSSR count). The first-order valence-corrected chi connectivity index (χ1v) is 3.66. The van der Waals surface area contributed by atoms with Gasteiger partial charge in [0, 0.05) is 12.4 Å². The van der Waals surface area contributed by atoms with Crippen LogP contribution in [0.3, 0.4) is 0 Å². The molecule has 2 heterocycles. The van der Waals surface area contributed by atoms with Crippen molar-refractivity contribution in [2.24, 2.45) is 0 Å². The fourth-order valence-electron chi connectivity index (χ4n) is 1.03. The van der Waals surface area contributed by atoms with Crippen LogP contribution < -0.4 is 10.2 Å². The summed E-state index contributed by atoms with van der Waals surface area (Å²) < 4.78 is 0. The van der Waals surface area contributed by atoms with E-state index in [4.69, 9.17) is 0 Å². The third-order valence-corrected chi connectivity index (χ3v) is 1.59. The Labute approximate surface area is 73.6 Å². The van der Waals surface area contributed by atoms with E-state index in [1.54, 1.807) is 6.07 Å². The summed E-state index contributed by atoms with van der Waals surface area (Å²) in [6.45, 7) is -0.0111. The second-order valence-corrected chi connectivity index (χ2v) is 2.49. The number of nitrogens with one attached hydrogen (secondary N) is 1. The molecule has 1 aromatic heterocycles. The van der Waals surface area contributed by atoms with Gasteiger partial charge in [0.2, 0.25) is 11.9 Å². The lowest BCUT2D eigenvalue weighted by atomic mass is 10.6. The van der Waals surface area contributed by atoms with Crippen molar-refractivity contribution in [2.45, 2.75) is 0 Å². The smallest absolute Gasteiger partial charge is 0.276 e. The molecule has 0 unspecified atom stereocenters. The fourth-order valence-corrected chi connectivity index (χ4v) is 1.03. The monoisotopic (exact) mass is 178 g/mol. The van der Waals surface area contributed by atoms with Gasteiger partial charge < -0.3 is 0 Å². The van der Waals surface area contributed by atoms with E-state index in [-0.39, 0.29) is 18.4 Å². The largest absolute Gasteiger partial charge is 0.331 e. The van der Waals surface area contributed by atoms with Crippen LogP contribution >= 0.6 is 0 Å². The van der Waals surface area contributed by atoms with Gasteiger partial charge in [0.1, 0.15) is 6.54 Å². The number of carbonyl (C=O) groups excluding carboxylic acids is 2. The second-order valence-electron chi connectivity index (χ2n) is 2.49. The number of anilines is 1. The Balaban J connectivity index is 2.28. The summed E-state index contributed by atoms with van der Waals surface area (Å²) in [4.78, 5) is 30.8. The zero-order valence-electron chi connectivity index (χ0n) is 6.60. The number of carbonyl (C=O) groups is 2. The maximum Gasteiger partial charge on any atom is 0.331 e. The molecule has 1 aliphatic rings. The van der Waals surface area contributed by atoms with Crippen molar-refractivity contribution in [1.29, 1.82) is 0 Å². The highest BCUT2D eigenvalue weighted by Crippen LogP contribution is 2.08. The summed E-state index contributed by atoms with van der Waals surface area (Å²) in [5.41, 5.74) is 0. The van der Waals surface area contributed by atoms with Crippen molar-refractivity contribution in [3.05, 3.63) is 18.5 Å². The van der Waals surface area contributed by atoms with Crippen LogP contribution in [0.2, 0.25) is 0 Å². The molecule has 1 N–H and O–H groups in total. The molecule has 66 valence electrons. The Morgan fingerprint density at radius 1 is 1.31 bits per heavy atom. The van der Waals surface area contributed by atoms with Gasteiger partial charge in [0.05, 0.1) is 0 Å². The summed E-state index contributed by atoms with van der Waals surface area (Å²) in [7, 11) is 0. The Hall–Kier alpha value is -1.98. The molecular weight excluding hydrogens is 172 g/mol. The van der Waals surface area contributed by atoms with Gasteiger partial charge in [-0.05, 0) is 6.07 Å². The van der Waals surface area contributed by atoms with Crippen LogP contribution in [0.4, 0.5) is 10.7 Å². The minimum Gasteiger partial charge on any atom is -0.276 e. The van der Waals surface area contributed by atoms with E-state index in [2.05, 4.69) is 15.3 Å². The maximum absolute atomic E-state index is 11.1. The average Bonchev–Trinajstić information content (AvgIpc) is 2.47. The van der Waals surface area contributed by atoms with Crippen molar-refractivity contribution in [3.63, 3.8) is 0 Å². The molecule has 6 nitrogen and oxygen atoms in total. The third-order valence-electron chi connectivity index (χ3n) is 1.59. The van der Waals surface area contributed by atoms with Crippen LogP contribution in [0, 0.1) is 0 Å². The van der Waals surface area contributed by atoms with Gasteiger partial charge in [-0.1, -0.05) is 0 Å². The highest BCUT2D eigenvalue weighted by Gasteiger charge is 2.29. The lowest BCUT2D eigenvalue weighted by molar-refractivity contribution is -0.117. The van der Waals surface area contributed by atoms with Gasteiger partial charge >= 0.3 is 6.03 Å². The quantitative estimate of drug-likeness (QED) is 0.590. The number of aromatic nitrogens is 2. The molecule has 1 fully saturated rings. The Morgan fingerprint density at radius 3 is 2.54 bits per heavy atom. The van der Waals surface area contributed by atoms with Crippen molar-refractivity contribution in [2.75, 3.05) is 11.4 Å². The molecule has 1 saturated heterocycles. The Kier molecular flexibility index (Phi) is 1.66. The number of nitrogens with zero attached hydrogens (tertiary/aromatic N) is 3. The number of urea groups is 1. The normalized spacial score (nSPS) is 16.2. The summed E-state index contributed by atoms with van der Waals surface area (Å²) in [5, 5.41) is 2.13. The third kappa shape index (κ3) is 1.33. The first-order chi connectivity index (χ1) is 6.27. The van der Waals surface area contributed by atoms with E-state index >= 15 is 0 Å². The fraction of sp³-hybridized carbons (Fsp3) is 0.143. The summed E-state index contributed by atoms with van der Waals surface area (Å²) in [6.07, 6.45) is 3.02. The van der Waals surface area contributed by atoms with Gasteiger partial charge in [0.15, 0.2) is 0 Å². The Morgan fingerprint density at radius 2 is 2.00 bits per heavy atom. The maximum atomic E-state index is 11.1. The van der Waals surface area contributed by atoms with Crippen molar-refractivity contribution in [3.8, 4) is 0 Å². The van der Waals surface area contributed by atoms with Crippen LogP contribution in [0.5, 0.6) is 0 Å². The zero-order chi connectivity index (χ0) is 9.26. The molecule has 0 aromatic carbocycles. The molecule has 0 spiro atoms. The van der Waals surface area contributed by atoms with Gasteiger partial charge in [-0.2, -0.15) is 0 Å². The van der Waals surface area contributed by atoms with Crippen LogP contribution in [0.15, 0.2) is 18.5 Å². The van der Waals surface area contributed by atoms with Crippen molar-refractivity contribution < 1.29 is 9.59 Å². The lowest BCUT2D eigenvalue weighted by Crippen LogP contribution is -2.29. The average molecular weight is 178 g/mol. The van der Waals surface area contributed by atoms with E-state index in [9.17, 15) is 9.59 Å². The summed E-state index contributed by atoms with van der Waals surface area (Å²) in [5.74, 6) is -0.0942. The van der Waals surface area contributed by atoms with E-state index in [1.165, 1.54) is 17.3 Å². The van der Waals surface area contributed by atoms with Crippen LogP contribution in [-0.4, -0.2) is 28.5 Å². The number of imide groups is 1. The van der Waals surface area contributed by atoms with E-state index in [0.29, 0.717) is 0 Å². The topological polar surface area (TPSA) is 75.2 Å². The Bertz CT molecular complexity index is 351. The highest BCUT2D eigenvalue weighted by atomic mass is 16.2. The molecule has 3 amide bonds. The van der Waals surface area contributed by atoms with Gasteiger partial charge in [-0.3, -0.25) is 15.0 Å². The highest BCUT2D eigenvalue weighted by molar-refractivity contribution is 6.11. The molecular formula is C7H6N4O2. The number of rotatable bonds is 1. The number of hydrogen-bond acceptors (Lipinski definition) is 4. The first-order valence-electron chi connectivity index (χ1n) is 3.66. The molecule has 13 heavy (non-hydrogen) atoms. The standard InChI is InChI=1S/C7H6N4O2/c12-5-4-11(7(13)10-5)6-8-2-1-3-9-6/h1-3H,4H2,(H,10,12,13). The zero-order valence-corrected chi connectivity index (χ0v) is 6.60. The predicted octanol–water partition coefficient (Wildman–Crippen LogP) is -0.467. The molecule has 6 heteroatoms. The molecule has 0 atom stereocenters. The molecule has 0 aliphatic carbocycles. The van der Waals surface area contributed by atoms with Gasteiger partial charge in [0.25, 0.3) is 0 Å². The van der Waals surface area contributed by atoms with E-state index in [0.717, 1.165) is 0 Å². The summed E-state index contributed by atoms with van der Waals surface area (Å²) in [6, 6.07) is 1.16. The molecule has 0 radical (unpaired) electrons. The first kappa shape index (κ1) is 7.66. The van der Waals surface area contributed by atoms with Gasteiger partial charge in [-0.25, -0.2) is 14.8 Å². The minimum absolute atomic E-state index is 0.0111. The van der Waals surface area contributed by atoms with Gasteiger partial charge in [-0.15, -0.1) is 0 Å².